The number of esters is 3. The van der Waals surface area contributed by atoms with Crippen LogP contribution in [-0.4, -0.2) is 406 Å². The number of carbonyl (C=O) groups excluding carboxylic acids is 3. The summed E-state index contributed by atoms with van der Waals surface area (Å²) in [6, 6.07) is 0. The predicted octanol–water partition coefficient (Wildman–Crippen LogP) is -10.3. The van der Waals surface area contributed by atoms with Crippen molar-refractivity contribution in [1.29, 1.82) is 0 Å². The molecule has 11 rings (SSSR count). The first-order chi connectivity index (χ1) is 53.3. The molecule has 5 aliphatic carbocycles. The number of carbonyl (C=O) groups is 3. The third-order valence-corrected chi connectivity index (χ3v) is 23.8. The maximum atomic E-state index is 13.6. The van der Waals surface area contributed by atoms with Crippen LogP contribution in [0.1, 0.15) is 96.3 Å². The van der Waals surface area contributed by atoms with Gasteiger partial charge in [-0.25, -0.2) is 14.4 Å². The van der Waals surface area contributed by atoms with E-state index in [1.54, 1.807) is 0 Å². The lowest BCUT2D eigenvalue weighted by molar-refractivity contribution is -0.390. The Morgan fingerprint density at radius 2 is 0.705 bits per heavy atom. The van der Waals surface area contributed by atoms with E-state index in [1.807, 2.05) is 0 Å². The average molecular weight is 1620 g/mol. The molecular weight excluding hydrogens is 1500 g/mol. The van der Waals surface area contributed by atoms with Gasteiger partial charge >= 0.3 is 17.9 Å². The van der Waals surface area contributed by atoms with Crippen molar-refractivity contribution in [1.82, 2.24) is 0 Å². The number of aliphatic hydroxyl groups excluding tert-OH is 23. The Kier molecular flexibility index (Phi) is 31.7. The molecule has 43 atom stereocenters. The Labute approximate surface area is 642 Å². The lowest BCUT2D eigenvalue weighted by atomic mass is 9.72. The van der Waals surface area contributed by atoms with E-state index in [2.05, 4.69) is 0 Å². The van der Waals surface area contributed by atoms with Gasteiger partial charge in [0.1, 0.15) is 148 Å². The van der Waals surface area contributed by atoms with Crippen molar-refractivity contribution in [2.24, 2.45) is 29.6 Å². The van der Waals surface area contributed by atoms with Crippen LogP contribution in [0.15, 0.2) is 36.5 Å². The van der Waals surface area contributed by atoms with Crippen LogP contribution in [-0.2, 0) is 76.0 Å². The molecule has 11 fully saturated rings. The highest BCUT2D eigenvalue weighted by Gasteiger charge is 2.59. The van der Waals surface area contributed by atoms with Gasteiger partial charge in [0.2, 0.25) is 0 Å². The molecule has 6 aliphatic heterocycles. The van der Waals surface area contributed by atoms with E-state index in [-0.39, 0.29) is 83.0 Å². The van der Waals surface area contributed by atoms with E-state index in [0.717, 1.165) is 18.2 Å². The van der Waals surface area contributed by atoms with Crippen molar-refractivity contribution in [3.63, 3.8) is 0 Å². The zero-order chi connectivity index (χ0) is 80.8. The van der Waals surface area contributed by atoms with Gasteiger partial charge in [-0.3, -0.25) is 0 Å². The molecule has 40 heteroatoms. The molecule has 40 nitrogen and oxygen atoms in total. The van der Waals surface area contributed by atoms with Crippen molar-refractivity contribution in [3.8, 4) is 0 Å². The van der Waals surface area contributed by atoms with E-state index in [9.17, 15) is 132 Å². The second-order valence-electron chi connectivity index (χ2n) is 31.6. The van der Waals surface area contributed by atoms with E-state index >= 15 is 0 Å². The summed E-state index contributed by atoms with van der Waals surface area (Å²) >= 11 is 0. The lowest BCUT2D eigenvalue weighted by Crippen LogP contribution is -2.66. The first kappa shape index (κ1) is 89.1. The van der Waals surface area contributed by atoms with Gasteiger partial charge in [-0.15, -0.1) is 0 Å². The molecule has 640 valence electrons. The Hall–Kier alpha value is -3.73. The molecule has 5 saturated carbocycles. The van der Waals surface area contributed by atoms with Crippen molar-refractivity contribution in [2.75, 3.05) is 33.0 Å². The highest BCUT2D eigenvalue weighted by Crippen LogP contribution is 2.45. The Morgan fingerprint density at radius 3 is 1.18 bits per heavy atom. The van der Waals surface area contributed by atoms with Crippen LogP contribution in [0.3, 0.4) is 0 Å². The summed E-state index contributed by atoms with van der Waals surface area (Å²) in [4.78, 5) is 39.6. The maximum Gasteiger partial charge on any atom is 0.330 e. The van der Waals surface area contributed by atoms with Crippen LogP contribution in [0, 0.1) is 29.6 Å². The number of aliphatic hydroxyl groups is 25. The van der Waals surface area contributed by atoms with Crippen LogP contribution < -0.4 is 0 Å². The summed E-state index contributed by atoms with van der Waals surface area (Å²) in [5.74, 6) is -5.43. The maximum absolute atomic E-state index is 13.6. The first-order valence-electron chi connectivity index (χ1n) is 38.6. The van der Waals surface area contributed by atoms with E-state index in [0.29, 0.717) is 19.3 Å². The number of allylic oxidation sites excluding steroid dienone is 3. The zero-order valence-electron chi connectivity index (χ0n) is 61.2. The lowest BCUT2D eigenvalue weighted by Gasteiger charge is -2.50. The van der Waals surface area contributed by atoms with Gasteiger partial charge in [-0.05, 0) is 101 Å². The number of rotatable bonds is 25. The van der Waals surface area contributed by atoms with Crippen LogP contribution >= 0.6 is 0 Å². The van der Waals surface area contributed by atoms with Crippen molar-refractivity contribution < 1.29 is 198 Å². The van der Waals surface area contributed by atoms with Crippen LogP contribution in [0.25, 0.3) is 0 Å². The van der Waals surface area contributed by atoms with Gasteiger partial charge < -0.3 is 184 Å². The minimum atomic E-state index is -2.18. The first-order valence-corrected chi connectivity index (χ1v) is 38.6. The summed E-state index contributed by atoms with van der Waals surface area (Å²) in [5, 5.41) is 249. The molecular formula is C72H113O40+. The molecule has 11 aliphatic rings. The van der Waals surface area contributed by atoms with Gasteiger partial charge in [-0.1, -0.05) is 18.2 Å². The quantitative estimate of drug-likeness (QED) is 0.0175. The summed E-state index contributed by atoms with van der Waals surface area (Å²) in [6.45, 7) is -3.76. The minimum absolute atomic E-state index is 0.0339. The Morgan fingerprint density at radius 1 is 0.321 bits per heavy atom. The van der Waals surface area contributed by atoms with E-state index < -0.39 is 307 Å². The monoisotopic (exact) mass is 1620 g/mol. The van der Waals surface area contributed by atoms with Crippen molar-refractivity contribution in [2.45, 2.75) is 329 Å². The fraction of sp³-hybridized carbons (Fsp3) is 0.875. The molecule has 43 unspecified atom stereocenters. The fourth-order valence-corrected chi connectivity index (χ4v) is 17.0. The molecule has 0 radical (unpaired) electrons. The Balaban J connectivity index is 0.761. The second-order valence-corrected chi connectivity index (χ2v) is 31.6. The zero-order valence-corrected chi connectivity index (χ0v) is 61.2. The molecule has 0 aromatic carbocycles. The van der Waals surface area contributed by atoms with Crippen molar-refractivity contribution in [3.05, 3.63) is 36.5 Å². The number of fused-ring (bicyclic) bond motifs is 1. The van der Waals surface area contributed by atoms with Gasteiger partial charge in [-0.2, -0.15) is 0 Å². The molecule has 0 amide bonds. The highest BCUT2D eigenvalue weighted by atomic mass is 16.8. The smallest absolute Gasteiger partial charge is 0.330 e. The number of hydrogen-bond acceptors (Lipinski definition) is 39. The fourth-order valence-electron chi connectivity index (χ4n) is 17.0. The summed E-state index contributed by atoms with van der Waals surface area (Å²) in [7, 11) is 0. The number of hydrogen-bond donors (Lipinski definition) is 23. The molecule has 0 aromatic rings. The molecule has 0 bridgehead atoms. The standard InChI is InChI=1S/C72H112O40/c73-22-44-52(85)57(90)62(95)69(107-44)104-41-20-31(75)19-40-32(41)21-43(66(102-40)30-7-10-34(77)37(80)18-30)106-72-67(112-71-65(98)60(93)55(88)47(110-71)25-100-51(84)14-6-29-2-9-35(78)42(17-29)105-70-63(96)58(91)53(86)45(23-74)108-70)61(94)56(89)48(111-72)26-101-50(83)13-5-28-3-11-39(38(81)16-28)103-68-64(97)59(92)54(87)46(109-68)24-99-49(82)12-4-27-1-8-33(76)36(79)15-27/h4-6,12-14,27-48,52-81,85-98H,1-3,7-11,15-26H2/p+1. The van der Waals surface area contributed by atoms with Crippen LogP contribution in [0.2, 0.25) is 0 Å². The summed E-state index contributed by atoms with van der Waals surface area (Å²) in [6.07, 6.45) is -49.1. The third-order valence-electron chi connectivity index (χ3n) is 23.8. The minimum Gasteiger partial charge on any atom is -0.460 e. The van der Waals surface area contributed by atoms with Crippen LogP contribution in [0.5, 0.6) is 0 Å². The largest absolute Gasteiger partial charge is 0.460 e. The highest BCUT2D eigenvalue weighted by molar-refractivity contribution is 5.82. The predicted molar refractivity (Wildman–Crippen MR) is 365 cm³/mol. The molecule has 6 saturated heterocycles. The van der Waals surface area contributed by atoms with Gasteiger partial charge in [0, 0.05) is 37.0 Å². The van der Waals surface area contributed by atoms with Gasteiger partial charge in [0.05, 0.1) is 80.2 Å². The topological polar surface area (TPSA) is 649 Å². The van der Waals surface area contributed by atoms with E-state index in [1.165, 1.54) is 18.2 Å². The normalized spacial score (nSPS) is 49.3. The Bertz CT molecular complexity index is 3060. The molecule has 112 heavy (non-hydrogen) atoms. The number of ether oxygens (including phenoxy) is 14. The van der Waals surface area contributed by atoms with Crippen molar-refractivity contribution >= 4 is 17.9 Å². The summed E-state index contributed by atoms with van der Waals surface area (Å²) in [5.41, 5.74) is 0. The molecule has 24 N–H and O–H groups in total. The molecule has 6 heterocycles. The average Bonchev–Trinajstić information content (AvgIpc) is 0.760. The van der Waals surface area contributed by atoms with Gasteiger partial charge in [0.15, 0.2) is 43.7 Å². The summed E-state index contributed by atoms with van der Waals surface area (Å²) < 4.78 is 81.8. The second kappa shape index (κ2) is 39.9. The SMILES string of the molecule is O=C(C=CC1CCC(O)C(O)C1)OCC1OC(OC2CCC(C=CC(=O)OCC3OC(OC4CC5C(OC6OC(CO)C(O)C(O)C6O)CC(O)CC5[OH+]C4C4CCC(O)C(O)C4)C(OC4OC(COC(=O)C=CC5CCC(O)C(OC6OC(CO)C(O)C(O)C6O)C5)C(O)C(O)C4O)C(O)C3O)CC2O)C(O)C(O)C1O. The van der Waals surface area contributed by atoms with Crippen LogP contribution in [0.4, 0.5) is 0 Å². The van der Waals surface area contributed by atoms with Gasteiger partial charge in [0.25, 0.3) is 0 Å². The molecule has 0 spiro atoms. The van der Waals surface area contributed by atoms with E-state index in [4.69, 9.17) is 66.3 Å². The molecule has 0 aromatic heterocycles. The third kappa shape index (κ3) is 21.5.